The monoisotopic (exact) mass is 246 g/mol. The fourth-order valence-electron chi connectivity index (χ4n) is 2.99. The molecule has 0 saturated carbocycles. The van der Waals surface area contributed by atoms with Crippen molar-refractivity contribution >= 4 is 22.4 Å². The number of benzene rings is 1. The van der Waals surface area contributed by atoms with Gasteiger partial charge in [0.2, 0.25) is 0 Å². The van der Waals surface area contributed by atoms with Crippen molar-refractivity contribution < 1.29 is 4.63 Å². The van der Waals surface area contributed by atoms with Crippen LogP contribution in [0.25, 0.3) is 11.0 Å². The van der Waals surface area contributed by atoms with E-state index in [0.717, 1.165) is 17.6 Å². The maximum absolute atomic E-state index is 5.89. The number of hydrogen-bond acceptors (Lipinski definition) is 5. The minimum absolute atomic E-state index is 0.526. The van der Waals surface area contributed by atoms with E-state index in [0.29, 0.717) is 23.3 Å². The first-order valence-corrected chi connectivity index (χ1v) is 6.51. The molecule has 5 heteroatoms. The van der Waals surface area contributed by atoms with Gasteiger partial charge in [0.1, 0.15) is 0 Å². The smallest absolute Gasteiger partial charge is 0.160 e. The summed E-state index contributed by atoms with van der Waals surface area (Å²) in [5.74, 6) is 0. The molecule has 5 nitrogen and oxygen atoms in total. The summed E-state index contributed by atoms with van der Waals surface area (Å²) in [5.41, 5.74) is 9.05. The summed E-state index contributed by atoms with van der Waals surface area (Å²) >= 11 is 0. The van der Waals surface area contributed by atoms with Crippen LogP contribution in [0.1, 0.15) is 33.1 Å². The molecule has 2 atom stereocenters. The third-order valence-electron chi connectivity index (χ3n) is 3.96. The molecule has 0 amide bonds. The van der Waals surface area contributed by atoms with Crippen LogP contribution in [-0.2, 0) is 0 Å². The van der Waals surface area contributed by atoms with Gasteiger partial charge in [0.05, 0.1) is 11.4 Å². The molecule has 3 rings (SSSR count). The zero-order chi connectivity index (χ0) is 12.7. The summed E-state index contributed by atoms with van der Waals surface area (Å²) in [7, 11) is 0. The number of nitrogens with zero attached hydrogens (tertiary/aromatic N) is 3. The number of hydrogen-bond donors (Lipinski definition) is 1. The van der Waals surface area contributed by atoms with Crippen molar-refractivity contribution in [3.05, 3.63) is 12.1 Å². The van der Waals surface area contributed by atoms with Crippen molar-refractivity contribution in [1.82, 2.24) is 10.3 Å². The van der Waals surface area contributed by atoms with E-state index in [1.807, 2.05) is 12.1 Å². The van der Waals surface area contributed by atoms with Crippen LogP contribution in [0.3, 0.4) is 0 Å². The summed E-state index contributed by atoms with van der Waals surface area (Å²) in [6.07, 6.45) is 3.59. The molecule has 1 saturated heterocycles. The molecule has 1 fully saturated rings. The Morgan fingerprint density at radius 3 is 2.89 bits per heavy atom. The minimum Gasteiger partial charge on any atom is -0.397 e. The van der Waals surface area contributed by atoms with Gasteiger partial charge in [0.25, 0.3) is 0 Å². The van der Waals surface area contributed by atoms with Gasteiger partial charge in [-0.15, -0.1) is 0 Å². The van der Waals surface area contributed by atoms with E-state index in [9.17, 15) is 0 Å². The summed E-state index contributed by atoms with van der Waals surface area (Å²) < 4.78 is 4.84. The van der Waals surface area contributed by atoms with Crippen LogP contribution in [0, 0.1) is 0 Å². The molecule has 2 aromatic rings. The second-order valence-electron chi connectivity index (χ2n) is 5.03. The number of nitrogen functional groups attached to an aromatic ring is 1. The van der Waals surface area contributed by atoms with Crippen molar-refractivity contribution in [3.8, 4) is 0 Å². The highest BCUT2D eigenvalue weighted by Crippen LogP contribution is 2.36. The largest absolute Gasteiger partial charge is 0.397 e. The van der Waals surface area contributed by atoms with Gasteiger partial charge in [-0.3, -0.25) is 0 Å². The summed E-state index contributed by atoms with van der Waals surface area (Å²) in [5, 5.41) is 7.91. The molecule has 96 valence electrons. The molecule has 1 aromatic carbocycles. The van der Waals surface area contributed by atoms with Crippen molar-refractivity contribution in [2.45, 2.75) is 45.2 Å². The van der Waals surface area contributed by atoms with E-state index in [2.05, 4.69) is 29.1 Å². The lowest BCUT2D eigenvalue weighted by molar-refractivity contribution is 0.315. The maximum Gasteiger partial charge on any atom is 0.160 e. The quantitative estimate of drug-likeness (QED) is 0.825. The predicted molar refractivity (Wildman–Crippen MR) is 71.5 cm³/mol. The van der Waals surface area contributed by atoms with Gasteiger partial charge in [0, 0.05) is 12.1 Å². The molecule has 2 unspecified atom stereocenters. The highest BCUT2D eigenvalue weighted by Gasteiger charge is 2.31. The van der Waals surface area contributed by atoms with Gasteiger partial charge in [0.15, 0.2) is 11.0 Å². The number of rotatable bonds is 2. The number of aromatic nitrogens is 2. The van der Waals surface area contributed by atoms with Gasteiger partial charge < -0.3 is 10.6 Å². The van der Waals surface area contributed by atoms with Crippen molar-refractivity contribution in [3.63, 3.8) is 0 Å². The molecule has 0 spiro atoms. The summed E-state index contributed by atoms with van der Waals surface area (Å²) in [4.78, 5) is 2.44. The number of anilines is 2. The normalized spacial score (nSPS) is 24.0. The van der Waals surface area contributed by atoms with Gasteiger partial charge >= 0.3 is 0 Å². The van der Waals surface area contributed by atoms with Crippen LogP contribution >= 0.6 is 0 Å². The lowest BCUT2D eigenvalue weighted by Crippen LogP contribution is -2.34. The molecule has 0 radical (unpaired) electrons. The zero-order valence-electron chi connectivity index (χ0n) is 10.8. The van der Waals surface area contributed by atoms with Crippen molar-refractivity contribution in [1.29, 1.82) is 0 Å². The minimum atomic E-state index is 0.526. The summed E-state index contributed by atoms with van der Waals surface area (Å²) in [6, 6.07) is 5.02. The Bertz CT molecular complexity index is 565. The Kier molecular flexibility index (Phi) is 2.61. The Labute approximate surface area is 106 Å². The lowest BCUT2D eigenvalue weighted by atomic mass is 10.1. The van der Waals surface area contributed by atoms with Crippen LogP contribution in [-0.4, -0.2) is 22.4 Å². The van der Waals surface area contributed by atoms with Gasteiger partial charge in [-0.25, -0.2) is 4.63 Å². The third-order valence-corrected chi connectivity index (χ3v) is 3.96. The lowest BCUT2D eigenvalue weighted by Gasteiger charge is -2.30. The Balaban J connectivity index is 2.13. The van der Waals surface area contributed by atoms with Crippen LogP contribution in [0.5, 0.6) is 0 Å². The summed E-state index contributed by atoms with van der Waals surface area (Å²) in [6.45, 7) is 4.48. The fraction of sp³-hybridized carbons (Fsp3) is 0.538. The molecular formula is C13H18N4O. The van der Waals surface area contributed by atoms with E-state index in [1.165, 1.54) is 12.8 Å². The topological polar surface area (TPSA) is 68.2 Å². The van der Waals surface area contributed by atoms with E-state index in [4.69, 9.17) is 10.4 Å². The average Bonchev–Trinajstić information content (AvgIpc) is 2.97. The fourth-order valence-corrected chi connectivity index (χ4v) is 2.99. The molecular weight excluding hydrogens is 228 g/mol. The first-order valence-electron chi connectivity index (χ1n) is 6.51. The molecule has 0 aliphatic carbocycles. The molecule has 2 N–H and O–H groups in total. The van der Waals surface area contributed by atoms with Crippen LogP contribution in [0.15, 0.2) is 16.8 Å². The molecule has 18 heavy (non-hydrogen) atoms. The van der Waals surface area contributed by atoms with Gasteiger partial charge in [-0.1, -0.05) is 6.92 Å². The van der Waals surface area contributed by atoms with Crippen molar-refractivity contribution in [2.24, 2.45) is 0 Å². The Hall–Kier alpha value is -1.78. The van der Waals surface area contributed by atoms with E-state index >= 15 is 0 Å². The second-order valence-corrected chi connectivity index (χ2v) is 5.03. The third kappa shape index (κ3) is 1.54. The van der Waals surface area contributed by atoms with Crippen molar-refractivity contribution in [2.75, 3.05) is 10.6 Å². The Morgan fingerprint density at radius 1 is 1.33 bits per heavy atom. The highest BCUT2D eigenvalue weighted by atomic mass is 16.6. The zero-order valence-corrected chi connectivity index (χ0v) is 10.8. The number of nitrogens with two attached hydrogens (primary N) is 1. The van der Waals surface area contributed by atoms with Crippen LogP contribution < -0.4 is 10.6 Å². The molecule has 1 aliphatic rings. The standard InChI is InChI=1S/C13H18N4O/c1-3-9-5-4-8(2)17(9)11-7-6-10(14)12-13(11)16-18-15-12/h6-9H,3-5,14H2,1-2H3. The molecule has 2 heterocycles. The maximum atomic E-state index is 5.89. The Morgan fingerprint density at radius 2 is 2.11 bits per heavy atom. The van der Waals surface area contributed by atoms with E-state index in [1.54, 1.807) is 0 Å². The first kappa shape index (κ1) is 11.3. The molecule has 0 bridgehead atoms. The van der Waals surface area contributed by atoms with Crippen LogP contribution in [0.2, 0.25) is 0 Å². The highest BCUT2D eigenvalue weighted by molar-refractivity contribution is 5.95. The van der Waals surface area contributed by atoms with Crippen LogP contribution in [0.4, 0.5) is 11.4 Å². The predicted octanol–water partition coefficient (Wildman–Crippen LogP) is 2.57. The average molecular weight is 246 g/mol. The van der Waals surface area contributed by atoms with E-state index < -0.39 is 0 Å². The first-order chi connectivity index (χ1) is 8.72. The van der Waals surface area contributed by atoms with Gasteiger partial charge in [-0.05, 0) is 48.6 Å². The molecule has 1 aromatic heterocycles. The molecule has 1 aliphatic heterocycles. The van der Waals surface area contributed by atoms with Gasteiger partial charge in [-0.2, -0.15) is 0 Å². The second kappa shape index (κ2) is 4.15. The van der Waals surface area contributed by atoms with E-state index in [-0.39, 0.29) is 0 Å². The number of fused-ring (bicyclic) bond motifs is 1. The SMILES string of the molecule is CCC1CCC(C)N1c1ccc(N)c2nonc12.